The molecule has 0 aromatic heterocycles. The highest BCUT2D eigenvalue weighted by Crippen LogP contribution is 2.30. The maximum atomic E-state index is 8.77. The van der Waals surface area contributed by atoms with Gasteiger partial charge in [-0.15, -0.1) is 0 Å². The summed E-state index contributed by atoms with van der Waals surface area (Å²) in [7, 11) is 1.63. The number of amidine groups is 1. The summed E-state index contributed by atoms with van der Waals surface area (Å²) in [6, 6.07) is 16.9. The Morgan fingerprint density at radius 2 is 1.91 bits per heavy atom. The van der Waals surface area contributed by atoms with Crippen molar-refractivity contribution in [2.24, 2.45) is 10.8 Å². The number of benzene rings is 2. The number of para-hydroxylation sites is 1. The first-order valence-corrected chi connectivity index (χ1v) is 6.47. The first-order valence-electron chi connectivity index (χ1n) is 6.47. The molecular formula is C16H15N5O. The van der Waals surface area contributed by atoms with Gasteiger partial charge in [-0.25, -0.2) is 0 Å². The molecule has 0 heterocycles. The molecule has 0 radical (unpaired) electrons. The van der Waals surface area contributed by atoms with E-state index in [1.807, 2.05) is 48.5 Å². The largest absolute Gasteiger partial charge is 0.496 e. The molecule has 0 bridgehead atoms. The van der Waals surface area contributed by atoms with Gasteiger partial charge < -0.3 is 10.5 Å². The Hall–Kier alpha value is -3.33. The van der Waals surface area contributed by atoms with Crippen LogP contribution in [0.25, 0.3) is 11.1 Å². The number of nitrogens with two attached hydrogens (primary N) is 1. The van der Waals surface area contributed by atoms with Crippen LogP contribution >= 0.6 is 0 Å². The van der Waals surface area contributed by atoms with Crippen molar-refractivity contribution >= 4 is 17.2 Å². The number of ether oxygens (including phenoxy) is 1. The van der Waals surface area contributed by atoms with Crippen LogP contribution in [0, 0.1) is 16.7 Å². The van der Waals surface area contributed by atoms with Crippen LogP contribution in [-0.2, 0) is 0 Å². The molecule has 0 saturated heterocycles. The predicted octanol–water partition coefficient (Wildman–Crippen LogP) is 2.59. The van der Waals surface area contributed by atoms with Gasteiger partial charge in [-0.05, 0) is 23.8 Å². The zero-order chi connectivity index (χ0) is 15.9. The highest BCUT2D eigenvalue weighted by atomic mass is 16.5. The number of hydrogen-bond donors (Lipinski definition) is 3. The molecule has 2 aromatic carbocycles. The van der Waals surface area contributed by atoms with Crippen LogP contribution in [0.4, 0.5) is 5.69 Å². The molecule has 0 amide bonds. The van der Waals surface area contributed by atoms with E-state index < -0.39 is 0 Å². The lowest BCUT2D eigenvalue weighted by atomic mass is 10.0. The topological polar surface area (TPSA) is 107 Å². The van der Waals surface area contributed by atoms with E-state index in [4.69, 9.17) is 21.1 Å². The normalized spacial score (nSPS) is 10.6. The summed E-state index contributed by atoms with van der Waals surface area (Å²) in [5, 5.41) is 19.7. The van der Waals surface area contributed by atoms with Gasteiger partial charge >= 0.3 is 0 Å². The van der Waals surface area contributed by atoms with E-state index in [9.17, 15) is 0 Å². The lowest BCUT2D eigenvalue weighted by molar-refractivity contribution is 0.416. The van der Waals surface area contributed by atoms with Crippen LogP contribution < -0.4 is 15.9 Å². The summed E-state index contributed by atoms with van der Waals surface area (Å²) in [4.78, 5) is 0. The minimum atomic E-state index is -0.374. The number of nitriles is 1. The summed E-state index contributed by atoms with van der Waals surface area (Å²) in [6.45, 7) is 0. The Bertz CT molecular complexity index is 744. The Morgan fingerprint density at radius 1 is 1.23 bits per heavy atom. The van der Waals surface area contributed by atoms with E-state index in [0.717, 1.165) is 16.9 Å². The summed E-state index contributed by atoms with van der Waals surface area (Å²) < 4.78 is 5.34. The van der Waals surface area contributed by atoms with Gasteiger partial charge in [0, 0.05) is 5.56 Å². The van der Waals surface area contributed by atoms with Crippen LogP contribution in [0.15, 0.2) is 53.6 Å². The minimum Gasteiger partial charge on any atom is -0.496 e. The smallest absolute Gasteiger partial charge is 0.201 e. The zero-order valence-electron chi connectivity index (χ0n) is 12.0. The fourth-order valence-corrected chi connectivity index (χ4v) is 1.87. The van der Waals surface area contributed by atoms with Crippen molar-refractivity contribution in [1.29, 1.82) is 10.7 Å². The number of anilines is 1. The molecule has 22 heavy (non-hydrogen) atoms. The van der Waals surface area contributed by atoms with E-state index in [-0.39, 0.29) is 11.5 Å². The molecule has 110 valence electrons. The van der Waals surface area contributed by atoms with Crippen LogP contribution in [0.2, 0.25) is 0 Å². The molecule has 4 N–H and O–H groups in total. The fraction of sp³-hybridized carbons (Fsp3) is 0.0625. The average molecular weight is 293 g/mol. The SMILES string of the molecule is COc1ccccc1-c1ccc(N/N=C(\C#N)C(=N)N)cc1. The van der Waals surface area contributed by atoms with E-state index in [2.05, 4.69) is 10.5 Å². The molecule has 0 aliphatic rings. The third-order valence-corrected chi connectivity index (χ3v) is 2.96. The molecule has 0 aliphatic carbocycles. The molecule has 2 aromatic rings. The van der Waals surface area contributed by atoms with Crippen molar-refractivity contribution in [2.45, 2.75) is 0 Å². The number of rotatable bonds is 5. The van der Waals surface area contributed by atoms with Crippen molar-refractivity contribution in [3.05, 3.63) is 48.5 Å². The summed E-state index contributed by atoms with van der Waals surface area (Å²) in [6.07, 6.45) is 0. The second-order valence-electron chi connectivity index (χ2n) is 4.38. The highest BCUT2D eigenvalue weighted by Gasteiger charge is 2.05. The Labute approximate surface area is 128 Å². The molecule has 0 fully saturated rings. The number of nitrogens with one attached hydrogen (secondary N) is 2. The second-order valence-corrected chi connectivity index (χ2v) is 4.38. The van der Waals surface area contributed by atoms with Crippen molar-refractivity contribution in [1.82, 2.24) is 0 Å². The Balaban J connectivity index is 2.21. The molecular weight excluding hydrogens is 278 g/mol. The number of hydrogen-bond acceptors (Lipinski definition) is 5. The predicted molar refractivity (Wildman–Crippen MR) is 87.0 cm³/mol. The first-order chi connectivity index (χ1) is 10.7. The third-order valence-electron chi connectivity index (χ3n) is 2.96. The zero-order valence-corrected chi connectivity index (χ0v) is 12.0. The number of methoxy groups -OCH3 is 1. The second kappa shape index (κ2) is 6.90. The Kier molecular flexibility index (Phi) is 4.73. The molecule has 0 saturated carbocycles. The molecule has 0 atom stereocenters. The first kappa shape index (κ1) is 15.1. The van der Waals surface area contributed by atoms with Crippen molar-refractivity contribution < 1.29 is 4.74 Å². The standard InChI is InChI=1S/C16H15N5O/c1-22-15-5-3-2-4-13(15)11-6-8-12(9-7-11)20-21-14(10-17)16(18)19/h2-9,20H,1H3,(H3,18,19)/b21-14+. The van der Waals surface area contributed by atoms with Gasteiger partial charge in [0.05, 0.1) is 12.8 Å². The summed E-state index contributed by atoms with van der Waals surface area (Å²) in [5.41, 5.74) is 10.4. The fourth-order valence-electron chi connectivity index (χ4n) is 1.87. The van der Waals surface area contributed by atoms with Crippen LogP contribution in [0.5, 0.6) is 5.75 Å². The third kappa shape index (κ3) is 3.41. The lowest BCUT2D eigenvalue weighted by Gasteiger charge is -2.09. The van der Waals surface area contributed by atoms with E-state index >= 15 is 0 Å². The van der Waals surface area contributed by atoms with Gasteiger partial charge in [-0.2, -0.15) is 10.4 Å². The number of hydrazone groups is 1. The molecule has 2 rings (SSSR count). The highest BCUT2D eigenvalue weighted by molar-refractivity contribution is 6.45. The number of nitrogens with zero attached hydrogens (tertiary/aromatic N) is 2. The van der Waals surface area contributed by atoms with Crippen molar-refractivity contribution in [3.8, 4) is 22.9 Å². The molecule has 0 spiro atoms. The van der Waals surface area contributed by atoms with Gasteiger partial charge in [0.25, 0.3) is 0 Å². The maximum absolute atomic E-state index is 8.77. The van der Waals surface area contributed by atoms with Crippen LogP contribution in [-0.4, -0.2) is 18.7 Å². The lowest BCUT2D eigenvalue weighted by Crippen LogP contribution is -2.21. The van der Waals surface area contributed by atoms with Gasteiger partial charge in [-0.1, -0.05) is 30.3 Å². The quantitative estimate of drug-likeness (QED) is 0.447. The van der Waals surface area contributed by atoms with Crippen LogP contribution in [0.3, 0.4) is 0 Å². The monoisotopic (exact) mass is 293 g/mol. The average Bonchev–Trinajstić information content (AvgIpc) is 2.55. The molecule has 6 nitrogen and oxygen atoms in total. The van der Waals surface area contributed by atoms with Gasteiger partial charge in [0.1, 0.15) is 11.8 Å². The van der Waals surface area contributed by atoms with E-state index in [1.54, 1.807) is 13.2 Å². The minimum absolute atomic E-state index is 0.159. The van der Waals surface area contributed by atoms with Crippen molar-refractivity contribution in [2.75, 3.05) is 12.5 Å². The van der Waals surface area contributed by atoms with Crippen LogP contribution in [0.1, 0.15) is 0 Å². The van der Waals surface area contributed by atoms with Crippen molar-refractivity contribution in [3.63, 3.8) is 0 Å². The molecule has 0 unspecified atom stereocenters. The Morgan fingerprint density at radius 3 is 2.50 bits per heavy atom. The van der Waals surface area contributed by atoms with Gasteiger partial charge in [0.15, 0.2) is 5.84 Å². The van der Waals surface area contributed by atoms with E-state index in [1.165, 1.54) is 0 Å². The summed E-state index contributed by atoms with van der Waals surface area (Å²) in [5.74, 6) is 0.421. The summed E-state index contributed by atoms with van der Waals surface area (Å²) >= 11 is 0. The van der Waals surface area contributed by atoms with Gasteiger partial charge in [-0.3, -0.25) is 10.8 Å². The molecule has 6 heteroatoms. The maximum Gasteiger partial charge on any atom is 0.201 e. The van der Waals surface area contributed by atoms with Gasteiger partial charge in [0.2, 0.25) is 5.71 Å². The van der Waals surface area contributed by atoms with E-state index in [0.29, 0.717) is 5.69 Å². The molecule has 0 aliphatic heterocycles.